The van der Waals surface area contributed by atoms with Crippen LogP contribution in [0.2, 0.25) is 0 Å². The lowest BCUT2D eigenvalue weighted by Gasteiger charge is -2.08. The molecule has 3 rings (SSSR count). The van der Waals surface area contributed by atoms with E-state index in [0.29, 0.717) is 12.5 Å². The minimum absolute atomic E-state index is 0.646. The fraction of sp³-hybridized carbons (Fsp3) is 0.167. The molecule has 0 spiro atoms. The molecule has 0 saturated heterocycles. The number of hydrogen-bond donors (Lipinski definition) is 1. The van der Waals surface area contributed by atoms with E-state index in [-0.39, 0.29) is 0 Å². The van der Waals surface area contributed by atoms with Gasteiger partial charge in [0.2, 0.25) is 5.95 Å². The molecule has 0 bridgehead atoms. The number of fused-ring (bicyclic) bond motifs is 1. The van der Waals surface area contributed by atoms with Gasteiger partial charge in [-0.1, -0.05) is 17.8 Å². The van der Waals surface area contributed by atoms with E-state index >= 15 is 0 Å². The number of anilines is 1. The Kier molecular flexibility index (Phi) is 3.28. The lowest BCUT2D eigenvalue weighted by molar-refractivity contribution is 0.830. The van der Waals surface area contributed by atoms with Crippen molar-refractivity contribution < 1.29 is 0 Å². The second-order valence-electron chi connectivity index (χ2n) is 3.85. The fourth-order valence-corrected chi connectivity index (χ4v) is 2.06. The second kappa shape index (κ2) is 5.23. The van der Waals surface area contributed by atoms with Gasteiger partial charge >= 0.3 is 0 Å². The summed E-state index contributed by atoms with van der Waals surface area (Å²) in [4.78, 5) is 12.9. The molecule has 0 aliphatic rings. The van der Waals surface area contributed by atoms with Crippen molar-refractivity contribution in [2.24, 2.45) is 0 Å². The zero-order chi connectivity index (χ0) is 13.1. The maximum Gasteiger partial charge on any atom is 0.228 e. The highest BCUT2D eigenvalue weighted by Gasteiger charge is 2.07. The van der Waals surface area contributed by atoms with Crippen molar-refractivity contribution in [3.8, 4) is 0 Å². The van der Waals surface area contributed by atoms with Crippen LogP contribution >= 0.6 is 11.8 Å². The molecule has 0 amide bonds. The van der Waals surface area contributed by atoms with Crippen LogP contribution in [-0.2, 0) is 6.54 Å². The van der Waals surface area contributed by atoms with E-state index in [2.05, 4.69) is 25.4 Å². The number of nitrogens with zero attached hydrogens (tertiary/aromatic N) is 5. The Labute approximate surface area is 114 Å². The fourth-order valence-electron chi connectivity index (χ4n) is 1.69. The van der Waals surface area contributed by atoms with E-state index in [1.165, 1.54) is 11.8 Å². The van der Waals surface area contributed by atoms with Gasteiger partial charge in [-0.15, -0.1) is 0 Å². The van der Waals surface area contributed by atoms with Gasteiger partial charge in [-0.3, -0.25) is 4.98 Å². The molecule has 6 nitrogen and oxygen atoms in total. The van der Waals surface area contributed by atoms with Crippen molar-refractivity contribution in [1.82, 2.24) is 24.6 Å². The molecular formula is C12H12N6S. The van der Waals surface area contributed by atoms with Crippen molar-refractivity contribution in [3.05, 3.63) is 42.4 Å². The van der Waals surface area contributed by atoms with Crippen LogP contribution in [0.5, 0.6) is 0 Å². The van der Waals surface area contributed by atoms with E-state index in [4.69, 9.17) is 0 Å². The minimum Gasteiger partial charge on any atom is -0.350 e. The van der Waals surface area contributed by atoms with Crippen molar-refractivity contribution in [2.75, 3.05) is 11.6 Å². The molecule has 0 aromatic carbocycles. The van der Waals surface area contributed by atoms with Gasteiger partial charge in [0.15, 0.2) is 10.8 Å². The third-order valence-corrected chi connectivity index (χ3v) is 3.14. The molecule has 3 aromatic rings. The molecule has 0 saturated carbocycles. The van der Waals surface area contributed by atoms with Crippen LogP contribution < -0.4 is 5.32 Å². The maximum absolute atomic E-state index is 4.43. The van der Waals surface area contributed by atoms with Crippen LogP contribution in [0.25, 0.3) is 5.65 Å². The Morgan fingerprint density at radius 1 is 1.26 bits per heavy atom. The molecule has 3 heterocycles. The predicted molar refractivity (Wildman–Crippen MR) is 74.1 cm³/mol. The third-order valence-electron chi connectivity index (χ3n) is 2.59. The highest BCUT2D eigenvalue weighted by atomic mass is 32.2. The summed E-state index contributed by atoms with van der Waals surface area (Å²) in [6.07, 6.45) is 7.24. The van der Waals surface area contributed by atoms with Crippen molar-refractivity contribution in [1.29, 1.82) is 0 Å². The van der Waals surface area contributed by atoms with Gasteiger partial charge in [0, 0.05) is 25.0 Å². The molecule has 19 heavy (non-hydrogen) atoms. The van der Waals surface area contributed by atoms with Crippen LogP contribution in [0.1, 0.15) is 5.56 Å². The van der Waals surface area contributed by atoms with Crippen LogP contribution in [0, 0.1) is 0 Å². The average Bonchev–Trinajstić information content (AvgIpc) is 2.94. The van der Waals surface area contributed by atoms with E-state index in [1.807, 2.05) is 30.7 Å². The number of aromatic nitrogens is 5. The van der Waals surface area contributed by atoms with Crippen molar-refractivity contribution in [2.45, 2.75) is 11.7 Å². The average molecular weight is 272 g/mol. The molecule has 96 valence electrons. The largest absolute Gasteiger partial charge is 0.350 e. The molecule has 0 radical (unpaired) electrons. The highest BCUT2D eigenvalue weighted by molar-refractivity contribution is 7.98. The first kappa shape index (κ1) is 11.9. The summed E-state index contributed by atoms with van der Waals surface area (Å²) in [7, 11) is 0. The lowest BCUT2D eigenvalue weighted by Crippen LogP contribution is -2.09. The van der Waals surface area contributed by atoms with Crippen molar-refractivity contribution in [3.63, 3.8) is 0 Å². The second-order valence-corrected chi connectivity index (χ2v) is 4.62. The number of pyridine rings is 1. The van der Waals surface area contributed by atoms with Gasteiger partial charge in [-0.25, -0.2) is 4.98 Å². The number of hydrogen-bond acceptors (Lipinski definition) is 6. The van der Waals surface area contributed by atoms with Gasteiger partial charge in [-0.2, -0.15) is 14.6 Å². The molecule has 0 atom stereocenters. The highest BCUT2D eigenvalue weighted by Crippen LogP contribution is 2.15. The Morgan fingerprint density at radius 3 is 3.00 bits per heavy atom. The summed E-state index contributed by atoms with van der Waals surface area (Å²) < 4.78 is 1.69. The zero-order valence-electron chi connectivity index (χ0n) is 10.3. The van der Waals surface area contributed by atoms with E-state index in [1.54, 1.807) is 16.9 Å². The van der Waals surface area contributed by atoms with Gasteiger partial charge in [0.1, 0.15) is 0 Å². The van der Waals surface area contributed by atoms with Crippen LogP contribution in [0.4, 0.5) is 5.95 Å². The monoisotopic (exact) mass is 272 g/mol. The normalized spacial score (nSPS) is 10.8. The minimum atomic E-state index is 0.646. The van der Waals surface area contributed by atoms with Gasteiger partial charge in [0.25, 0.3) is 0 Å². The van der Waals surface area contributed by atoms with Crippen LogP contribution in [0.15, 0.2) is 41.9 Å². The lowest BCUT2D eigenvalue weighted by atomic mass is 10.3. The van der Waals surface area contributed by atoms with Gasteiger partial charge in [-0.05, 0) is 17.9 Å². The summed E-state index contributed by atoms with van der Waals surface area (Å²) in [6, 6.07) is 5.78. The van der Waals surface area contributed by atoms with Crippen molar-refractivity contribution >= 4 is 23.4 Å². The standard InChI is InChI=1S/C12H12N6S/c1-19-12-16-10-4-6-15-18(10)11(17-12)14-8-9-3-2-5-13-7-9/h2-7H,8H2,1H3,(H,14,16,17). The topological polar surface area (TPSA) is 68.0 Å². The number of rotatable bonds is 4. The molecule has 0 fully saturated rings. The van der Waals surface area contributed by atoms with Gasteiger partial charge in [0.05, 0.1) is 6.20 Å². The summed E-state index contributed by atoms with van der Waals surface area (Å²) in [5.74, 6) is 0.684. The Hall–Kier alpha value is -2.15. The zero-order valence-corrected chi connectivity index (χ0v) is 11.1. The summed E-state index contributed by atoms with van der Waals surface area (Å²) in [5, 5.41) is 8.20. The van der Waals surface area contributed by atoms with Crippen LogP contribution in [-0.4, -0.2) is 30.8 Å². The Morgan fingerprint density at radius 2 is 2.21 bits per heavy atom. The van der Waals surface area contributed by atoms with E-state index < -0.39 is 0 Å². The first-order valence-electron chi connectivity index (χ1n) is 5.75. The first-order chi connectivity index (χ1) is 9.36. The third kappa shape index (κ3) is 2.50. The van der Waals surface area contributed by atoms with E-state index in [9.17, 15) is 0 Å². The molecule has 0 aliphatic carbocycles. The molecule has 1 N–H and O–H groups in total. The Bertz CT molecular complexity index is 681. The quantitative estimate of drug-likeness (QED) is 0.731. The smallest absolute Gasteiger partial charge is 0.228 e. The summed E-state index contributed by atoms with van der Waals surface area (Å²) in [6.45, 7) is 0.646. The summed E-state index contributed by atoms with van der Waals surface area (Å²) in [5.41, 5.74) is 1.88. The molecule has 3 aromatic heterocycles. The first-order valence-corrected chi connectivity index (χ1v) is 6.98. The molecule has 0 unspecified atom stereocenters. The van der Waals surface area contributed by atoms with Crippen LogP contribution in [0.3, 0.4) is 0 Å². The maximum atomic E-state index is 4.43. The number of thioether (sulfide) groups is 1. The molecular weight excluding hydrogens is 260 g/mol. The predicted octanol–water partition coefficient (Wildman–Crippen LogP) is 1.85. The Balaban J connectivity index is 1.89. The number of nitrogens with one attached hydrogen (secondary N) is 1. The molecule has 7 heteroatoms. The SMILES string of the molecule is CSc1nc(NCc2cccnc2)n2nccc2n1. The molecule has 0 aliphatic heterocycles. The summed E-state index contributed by atoms with van der Waals surface area (Å²) >= 11 is 1.51. The van der Waals surface area contributed by atoms with E-state index in [0.717, 1.165) is 16.4 Å². The van der Waals surface area contributed by atoms with Gasteiger partial charge < -0.3 is 5.32 Å².